The number of rotatable bonds is 13. The first-order valence-corrected chi connectivity index (χ1v) is 10.1. The van der Waals surface area contributed by atoms with E-state index in [2.05, 4.69) is 16.0 Å². The summed E-state index contributed by atoms with van der Waals surface area (Å²) in [5.74, 6) is -4.91. The van der Waals surface area contributed by atoms with Crippen LogP contribution >= 0.6 is 0 Å². The summed E-state index contributed by atoms with van der Waals surface area (Å²) in [6.07, 6.45) is -0.513. The number of benzene rings is 1. The highest BCUT2D eigenvalue weighted by atomic mass is 16.4. The maximum absolute atomic E-state index is 12.9. The summed E-state index contributed by atoms with van der Waals surface area (Å²) < 4.78 is 0. The summed E-state index contributed by atoms with van der Waals surface area (Å²) in [6, 6.07) is 4.86. The van der Waals surface area contributed by atoms with Gasteiger partial charge in [-0.15, -0.1) is 0 Å². The van der Waals surface area contributed by atoms with Gasteiger partial charge in [0, 0.05) is 6.42 Å². The van der Waals surface area contributed by atoms with Crippen LogP contribution in [0.5, 0.6) is 0 Å². The van der Waals surface area contributed by atoms with Gasteiger partial charge >= 0.3 is 11.9 Å². The summed E-state index contributed by atoms with van der Waals surface area (Å²) in [5, 5.41) is 25.3. The van der Waals surface area contributed by atoms with Crippen LogP contribution in [0.15, 0.2) is 30.3 Å². The predicted molar refractivity (Wildman–Crippen MR) is 114 cm³/mol. The van der Waals surface area contributed by atoms with Gasteiger partial charge in [0.25, 0.3) is 0 Å². The van der Waals surface area contributed by atoms with E-state index in [1.807, 2.05) is 13.8 Å². The molecule has 3 amide bonds. The highest BCUT2D eigenvalue weighted by Crippen LogP contribution is 2.08. The maximum atomic E-state index is 12.9. The van der Waals surface area contributed by atoms with E-state index in [0.717, 1.165) is 0 Å². The Kier molecular flexibility index (Phi) is 10.8. The van der Waals surface area contributed by atoms with Crippen molar-refractivity contribution >= 4 is 29.7 Å². The van der Waals surface area contributed by atoms with E-state index >= 15 is 0 Å². The molecule has 11 nitrogen and oxygen atoms in total. The largest absolute Gasteiger partial charge is 0.481 e. The molecule has 0 aromatic heterocycles. The number of amides is 3. The van der Waals surface area contributed by atoms with Crippen LogP contribution in [0.25, 0.3) is 0 Å². The first-order valence-electron chi connectivity index (χ1n) is 10.1. The normalized spacial score (nSPS) is 13.5. The first-order chi connectivity index (χ1) is 15.0. The van der Waals surface area contributed by atoms with E-state index in [-0.39, 0.29) is 25.3 Å². The van der Waals surface area contributed by atoms with Crippen molar-refractivity contribution in [1.29, 1.82) is 0 Å². The average molecular weight is 450 g/mol. The summed E-state index contributed by atoms with van der Waals surface area (Å²) in [4.78, 5) is 59.7. The van der Waals surface area contributed by atoms with E-state index in [4.69, 9.17) is 10.8 Å². The fourth-order valence-electron chi connectivity index (χ4n) is 2.93. The monoisotopic (exact) mass is 450 g/mol. The lowest BCUT2D eigenvalue weighted by Gasteiger charge is -2.25. The highest BCUT2D eigenvalue weighted by molar-refractivity contribution is 5.94. The molecule has 0 saturated heterocycles. The third-order valence-corrected chi connectivity index (χ3v) is 4.45. The van der Waals surface area contributed by atoms with Crippen LogP contribution in [-0.2, 0) is 30.4 Å². The molecule has 1 aromatic carbocycles. The Hall–Kier alpha value is -3.47. The van der Waals surface area contributed by atoms with Gasteiger partial charge in [0.05, 0.1) is 13.0 Å². The molecule has 0 spiro atoms. The number of aliphatic carboxylic acids is 2. The summed E-state index contributed by atoms with van der Waals surface area (Å²) in [5.41, 5.74) is 6.00. The number of carboxylic acids is 2. The van der Waals surface area contributed by atoms with Crippen molar-refractivity contribution in [3.63, 3.8) is 0 Å². The van der Waals surface area contributed by atoms with Gasteiger partial charge in [-0.05, 0) is 17.9 Å². The Balaban J connectivity index is 3.09. The molecule has 32 heavy (non-hydrogen) atoms. The second-order valence-electron chi connectivity index (χ2n) is 7.70. The second-order valence-corrected chi connectivity index (χ2v) is 7.70. The number of hydrogen-bond acceptors (Lipinski definition) is 6. The van der Waals surface area contributed by atoms with E-state index in [1.165, 1.54) is 0 Å². The number of nitrogens with two attached hydrogens (primary N) is 1. The fraction of sp³-hybridized carbons (Fsp3) is 0.476. The van der Waals surface area contributed by atoms with Crippen LogP contribution in [0.3, 0.4) is 0 Å². The first kappa shape index (κ1) is 26.6. The highest BCUT2D eigenvalue weighted by Gasteiger charge is 2.30. The molecule has 3 atom stereocenters. The molecular formula is C21H30N4O7. The third kappa shape index (κ3) is 9.56. The number of carbonyl (C=O) groups is 5. The molecular weight excluding hydrogens is 420 g/mol. The van der Waals surface area contributed by atoms with E-state index in [0.29, 0.717) is 5.56 Å². The molecule has 0 aliphatic carbocycles. The summed E-state index contributed by atoms with van der Waals surface area (Å²) in [6.45, 7) is 3.39. The minimum Gasteiger partial charge on any atom is -0.481 e. The van der Waals surface area contributed by atoms with Crippen LogP contribution in [-0.4, -0.2) is 64.5 Å². The van der Waals surface area contributed by atoms with Crippen LogP contribution in [0.2, 0.25) is 0 Å². The van der Waals surface area contributed by atoms with Crippen molar-refractivity contribution < 1.29 is 34.2 Å². The van der Waals surface area contributed by atoms with Crippen LogP contribution in [0.4, 0.5) is 0 Å². The van der Waals surface area contributed by atoms with Gasteiger partial charge < -0.3 is 31.9 Å². The zero-order valence-corrected chi connectivity index (χ0v) is 18.0. The molecule has 11 heteroatoms. The fourth-order valence-corrected chi connectivity index (χ4v) is 2.93. The number of hydrogen-bond donors (Lipinski definition) is 6. The molecule has 0 radical (unpaired) electrons. The van der Waals surface area contributed by atoms with Gasteiger partial charge in [-0.2, -0.15) is 0 Å². The molecule has 1 aromatic rings. The van der Waals surface area contributed by atoms with E-state index in [9.17, 15) is 29.1 Å². The lowest BCUT2D eigenvalue weighted by molar-refractivity contribution is -0.147. The van der Waals surface area contributed by atoms with E-state index in [1.54, 1.807) is 30.3 Å². The quantitative estimate of drug-likeness (QED) is 0.226. The molecule has 0 saturated carbocycles. The Morgan fingerprint density at radius 3 is 1.94 bits per heavy atom. The summed E-state index contributed by atoms with van der Waals surface area (Å²) in [7, 11) is 0. The van der Waals surface area contributed by atoms with E-state index < -0.39 is 54.2 Å². The minimum atomic E-state index is -1.67. The average Bonchev–Trinajstić information content (AvgIpc) is 2.72. The molecule has 0 aliphatic rings. The van der Waals surface area contributed by atoms with Gasteiger partial charge in [0.1, 0.15) is 18.1 Å². The van der Waals surface area contributed by atoms with Gasteiger partial charge in [0.2, 0.25) is 17.7 Å². The van der Waals surface area contributed by atoms with Crippen LogP contribution < -0.4 is 21.7 Å². The Morgan fingerprint density at radius 1 is 0.875 bits per heavy atom. The van der Waals surface area contributed by atoms with Crippen LogP contribution in [0.1, 0.15) is 32.3 Å². The third-order valence-electron chi connectivity index (χ3n) is 4.45. The minimum absolute atomic E-state index is 0.0249. The smallest absolute Gasteiger partial charge is 0.326 e. The summed E-state index contributed by atoms with van der Waals surface area (Å²) >= 11 is 0. The molecule has 3 unspecified atom stereocenters. The van der Waals surface area contributed by atoms with Gasteiger partial charge in [-0.3, -0.25) is 19.2 Å². The molecule has 0 fully saturated rings. The molecule has 1 rings (SSSR count). The topological polar surface area (TPSA) is 188 Å². The van der Waals surface area contributed by atoms with Crippen molar-refractivity contribution in [3.8, 4) is 0 Å². The van der Waals surface area contributed by atoms with Crippen molar-refractivity contribution in [1.82, 2.24) is 16.0 Å². The van der Waals surface area contributed by atoms with Gasteiger partial charge in [-0.1, -0.05) is 44.2 Å². The van der Waals surface area contributed by atoms with Gasteiger partial charge in [-0.25, -0.2) is 4.79 Å². The molecule has 7 N–H and O–H groups in total. The maximum Gasteiger partial charge on any atom is 0.326 e. The zero-order chi connectivity index (χ0) is 24.3. The Morgan fingerprint density at radius 2 is 1.44 bits per heavy atom. The molecule has 0 bridgehead atoms. The number of nitrogens with one attached hydrogen (secondary N) is 3. The Labute approximate surface area is 185 Å². The standard InChI is InChI=1S/C21H30N4O7/c1-12(2)8-14(23-17(26)11-22)19(29)24-15(9-13-6-4-3-5-7-13)20(30)25-16(21(31)32)10-18(27)28/h3-7,12,14-16H,8-11,22H2,1-2H3,(H,23,26)(H,24,29)(H,25,30)(H,27,28)(H,31,32). The van der Waals surface area contributed by atoms with Crippen molar-refractivity contribution in [2.75, 3.05) is 6.54 Å². The Bertz CT molecular complexity index is 814. The van der Waals surface area contributed by atoms with Crippen molar-refractivity contribution in [3.05, 3.63) is 35.9 Å². The zero-order valence-electron chi connectivity index (χ0n) is 18.0. The molecule has 0 aliphatic heterocycles. The van der Waals surface area contributed by atoms with Crippen molar-refractivity contribution in [2.24, 2.45) is 11.7 Å². The SMILES string of the molecule is CC(C)CC(NC(=O)CN)C(=O)NC(Cc1ccccc1)C(=O)NC(CC(=O)O)C(=O)O. The predicted octanol–water partition coefficient (Wildman–Crippen LogP) is -0.752. The van der Waals surface area contributed by atoms with Crippen LogP contribution in [0, 0.1) is 5.92 Å². The number of carbonyl (C=O) groups excluding carboxylic acids is 3. The molecule has 0 heterocycles. The van der Waals surface area contributed by atoms with Gasteiger partial charge in [0.15, 0.2) is 0 Å². The van der Waals surface area contributed by atoms with Crippen molar-refractivity contribution in [2.45, 2.75) is 51.2 Å². The lowest BCUT2D eigenvalue weighted by atomic mass is 10.0. The second kappa shape index (κ2) is 13.1. The number of carboxylic acid groups (broad SMARTS) is 2. The lowest BCUT2D eigenvalue weighted by Crippen LogP contribution is -2.57. The molecule has 176 valence electrons.